The number of rotatable bonds is 6. The molecule has 0 bridgehead atoms. The minimum atomic E-state index is -0.436. The van der Waals surface area contributed by atoms with Gasteiger partial charge in [0.1, 0.15) is 0 Å². The van der Waals surface area contributed by atoms with Crippen molar-refractivity contribution >= 4 is 29.1 Å². The number of anilines is 1. The fourth-order valence-corrected chi connectivity index (χ4v) is 2.75. The van der Waals surface area contributed by atoms with E-state index in [-0.39, 0.29) is 0 Å². The first-order valence-electron chi connectivity index (χ1n) is 8.69. The maximum absolute atomic E-state index is 12.5. The molecule has 0 fully saturated rings. The molecule has 1 aromatic heterocycles. The summed E-state index contributed by atoms with van der Waals surface area (Å²) in [6, 6.07) is 14.8. The highest BCUT2D eigenvalue weighted by Gasteiger charge is 2.13. The van der Waals surface area contributed by atoms with E-state index in [2.05, 4.69) is 21.3 Å². The van der Waals surface area contributed by atoms with Crippen molar-refractivity contribution in [2.75, 3.05) is 11.9 Å². The van der Waals surface area contributed by atoms with E-state index in [1.807, 2.05) is 36.4 Å². The molecule has 0 aliphatic rings. The Balaban J connectivity index is 1.57. The van der Waals surface area contributed by atoms with Crippen LogP contribution in [0.4, 0.5) is 5.69 Å². The summed E-state index contributed by atoms with van der Waals surface area (Å²) in [6.45, 7) is 0.647. The summed E-state index contributed by atoms with van der Waals surface area (Å²) < 4.78 is 1.51. The van der Waals surface area contributed by atoms with E-state index in [0.717, 1.165) is 12.0 Å². The van der Waals surface area contributed by atoms with E-state index in [0.29, 0.717) is 28.4 Å². The largest absolute Gasteiger partial charge is 0.384 e. The molecular weight excluding hydrogens is 378 g/mol. The van der Waals surface area contributed by atoms with E-state index in [4.69, 9.17) is 11.6 Å². The smallest absolute Gasteiger partial charge is 0.272 e. The van der Waals surface area contributed by atoms with Crippen molar-refractivity contribution in [1.82, 2.24) is 20.6 Å². The lowest BCUT2D eigenvalue weighted by Crippen LogP contribution is -2.41. The van der Waals surface area contributed by atoms with Gasteiger partial charge in [-0.2, -0.15) is 5.10 Å². The highest BCUT2D eigenvalue weighted by Crippen LogP contribution is 2.15. The van der Waals surface area contributed by atoms with Crippen LogP contribution in [0.25, 0.3) is 0 Å². The van der Waals surface area contributed by atoms with Crippen LogP contribution < -0.4 is 16.2 Å². The molecule has 0 aliphatic carbocycles. The lowest BCUT2D eigenvalue weighted by molar-refractivity contribution is 0.0847. The Bertz CT molecular complexity index is 969. The summed E-state index contributed by atoms with van der Waals surface area (Å²) in [7, 11) is 1.71. The molecule has 1 heterocycles. The fourth-order valence-electron chi connectivity index (χ4n) is 2.62. The third-order valence-electron chi connectivity index (χ3n) is 4.07. The van der Waals surface area contributed by atoms with E-state index >= 15 is 0 Å². The van der Waals surface area contributed by atoms with Gasteiger partial charge in [-0.3, -0.25) is 25.1 Å². The molecule has 144 valence electrons. The van der Waals surface area contributed by atoms with Gasteiger partial charge >= 0.3 is 0 Å². The molecule has 0 radical (unpaired) electrons. The van der Waals surface area contributed by atoms with Gasteiger partial charge in [0, 0.05) is 30.5 Å². The average Bonchev–Trinajstić information content (AvgIpc) is 3.14. The van der Waals surface area contributed by atoms with Gasteiger partial charge in [-0.25, -0.2) is 0 Å². The Morgan fingerprint density at radius 2 is 1.75 bits per heavy atom. The monoisotopic (exact) mass is 397 g/mol. The third kappa shape index (κ3) is 5.11. The molecule has 0 aliphatic heterocycles. The molecule has 0 spiro atoms. The van der Waals surface area contributed by atoms with Crippen molar-refractivity contribution in [1.29, 1.82) is 0 Å². The SMILES string of the molecule is Cn1cc(C(=O)NNC(=O)c2ccccc2NCCc2ccc(Cl)cc2)cn1. The summed E-state index contributed by atoms with van der Waals surface area (Å²) in [5, 5.41) is 7.89. The van der Waals surface area contributed by atoms with Crippen molar-refractivity contribution in [3.63, 3.8) is 0 Å². The third-order valence-corrected chi connectivity index (χ3v) is 4.32. The summed E-state index contributed by atoms with van der Waals surface area (Å²) in [4.78, 5) is 24.5. The molecule has 2 amide bonds. The van der Waals surface area contributed by atoms with Gasteiger partial charge in [0.25, 0.3) is 11.8 Å². The zero-order valence-corrected chi connectivity index (χ0v) is 16.0. The normalized spacial score (nSPS) is 10.4. The molecule has 0 saturated carbocycles. The van der Waals surface area contributed by atoms with Crippen LogP contribution in [0.5, 0.6) is 0 Å². The number of hydrazine groups is 1. The minimum absolute atomic E-state index is 0.358. The molecule has 2 aromatic carbocycles. The maximum atomic E-state index is 12.5. The van der Waals surface area contributed by atoms with Crippen LogP contribution in [0.15, 0.2) is 60.9 Å². The number of halogens is 1. The number of nitrogens with zero attached hydrogens (tertiary/aromatic N) is 2. The van der Waals surface area contributed by atoms with Gasteiger partial charge in [-0.1, -0.05) is 35.9 Å². The molecule has 3 aromatic rings. The predicted octanol–water partition coefficient (Wildman–Crippen LogP) is 2.80. The molecule has 0 atom stereocenters. The minimum Gasteiger partial charge on any atom is -0.384 e. The highest BCUT2D eigenvalue weighted by molar-refractivity contribution is 6.30. The zero-order chi connectivity index (χ0) is 19.9. The Kier molecular flexibility index (Phi) is 6.29. The number of amides is 2. The molecular formula is C20H20ClN5O2. The first kappa shape index (κ1) is 19.4. The average molecular weight is 398 g/mol. The van der Waals surface area contributed by atoms with Gasteiger partial charge in [-0.05, 0) is 36.2 Å². The number of carbonyl (C=O) groups excluding carboxylic acids is 2. The number of aromatic nitrogens is 2. The Hall–Kier alpha value is -3.32. The van der Waals surface area contributed by atoms with Crippen LogP contribution >= 0.6 is 11.6 Å². The first-order chi connectivity index (χ1) is 13.5. The maximum Gasteiger partial charge on any atom is 0.272 e. The first-order valence-corrected chi connectivity index (χ1v) is 9.07. The predicted molar refractivity (Wildman–Crippen MR) is 108 cm³/mol. The molecule has 0 saturated heterocycles. The van der Waals surface area contributed by atoms with Gasteiger partial charge in [0.15, 0.2) is 0 Å². The molecule has 3 N–H and O–H groups in total. The summed E-state index contributed by atoms with van der Waals surface area (Å²) in [6.07, 6.45) is 3.77. The number of hydrogen-bond donors (Lipinski definition) is 3. The van der Waals surface area contributed by atoms with Gasteiger partial charge in [-0.15, -0.1) is 0 Å². The molecule has 7 nitrogen and oxygen atoms in total. The van der Waals surface area contributed by atoms with Gasteiger partial charge < -0.3 is 5.32 Å². The van der Waals surface area contributed by atoms with E-state index in [9.17, 15) is 9.59 Å². The number of hydrogen-bond acceptors (Lipinski definition) is 4. The quantitative estimate of drug-likeness (QED) is 0.558. The molecule has 8 heteroatoms. The second-order valence-corrected chi connectivity index (χ2v) is 6.60. The second kappa shape index (κ2) is 9.05. The topological polar surface area (TPSA) is 88.0 Å². The zero-order valence-electron chi connectivity index (χ0n) is 15.3. The summed E-state index contributed by atoms with van der Waals surface area (Å²) in [5.74, 6) is -0.846. The molecule has 28 heavy (non-hydrogen) atoms. The fraction of sp³-hybridized carbons (Fsp3) is 0.150. The number of benzene rings is 2. The van der Waals surface area contributed by atoms with E-state index in [1.54, 1.807) is 25.4 Å². The standard InChI is InChI=1S/C20H20ClN5O2/c1-26-13-15(12-23-26)19(27)24-25-20(28)17-4-2-3-5-18(17)22-11-10-14-6-8-16(21)9-7-14/h2-9,12-13,22H,10-11H2,1H3,(H,24,27)(H,25,28). The highest BCUT2D eigenvalue weighted by atomic mass is 35.5. The van der Waals surface area contributed by atoms with Crippen LogP contribution in [0.3, 0.4) is 0 Å². The van der Waals surface area contributed by atoms with Crippen LogP contribution in [0.1, 0.15) is 26.3 Å². The van der Waals surface area contributed by atoms with Crippen LogP contribution in [-0.2, 0) is 13.5 Å². The Morgan fingerprint density at radius 1 is 1.04 bits per heavy atom. The van der Waals surface area contributed by atoms with Gasteiger partial charge in [0.05, 0.1) is 17.3 Å². The molecule has 0 unspecified atom stereocenters. The van der Waals surface area contributed by atoms with Crippen molar-refractivity contribution in [2.24, 2.45) is 7.05 Å². The number of nitrogens with one attached hydrogen (secondary N) is 3. The van der Waals surface area contributed by atoms with Crippen LogP contribution in [0, 0.1) is 0 Å². The summed E-state index contributed by atoms with van der Waals surface area (Å²) in [5.41, 5.74) is 7.44. The van der Waals surface area contributed by atoms with Crippen molar-refractivity contribution in [3.05, 3.63) is 82.6 Å². The van der Waals surface area contributed by atoms with Crippen LogP contribution in [-0.4, -0.2) is 28.1 Å². The second-order valence-electron chi connectivity index (χ2n) is 6.16. The van der Waals surface area contributed by atoms with E-state index < -0.39 is 11.8 Å². The Labute approximate surface area is 167 Å². The summed E-state index contributed by atoms with van der Waals surface area (Å²) >= 11 is 5.89. The van der Waals surface area contributed by atoms with Crippen molar-refractivity contribution in [2.45, 2.75) is 6.42 Å². The lowest BCUT2D eigenvalue weighted by atomic mass is 10.1. The molecule has 3 rings (SSSR count). The van der Waals surface area contributed by atoms with Gasteiger partial charge in [0.2, 0.25) is 0 Å². The van der Waals surface area contributed by atoms with E-state index in [1.165, 1.54) is 10.9 Å². The lowest BCUT2D eigenvalue weighted by Gasteiger charge is -2.12. The van der Waals surface area contributed by atoms with Crippen molar-refractivity contribution in [3.8, 4) is 0 Å². The number of carbonyl (C=O) groups is 2. The number of aryl methyl sites for hydroxylation is 1. The Morgan fingerprint density at radius 3 is 2.46 bits per heavy atom. The number of para-hydroxylation sites is 1. The van der Waals surface area contributed by atoms with Crippen molar-refractivity contribution < 1.29 is 9.59 Å². The van der Waals surface area contributed by atoms with Crippen LogP contribution in [0.2, 0.25) is 5.02 Å².